The van der Waals surface area contributed by atoms with Crippen molar-refractivity contribution in [1.82, 2.24) is 5.32 Å². The van der Waals surface area contributed by atoms with E-state index in [1.807, 2.05) is 0 Å². The molecule has 0 aromatic heterocycles. The van der Waals surface area contributed by atoms with Gasteiger partial charge in [0.25, 0.3) is 0 Å². The van der Waals surface area contributed by atoms with Crippen LogP contribution in [0.3, 0.4) is 0 Å². The summed E-state index contributed by atoms with van der Waals surface area (Å²) in [6.07, 6.45) is 8.69. The summed E-state index contributed by atoms with van der Waals surface area (Å²) in [6, 6.07) is -0.884. The second-order valence-corrected chi connectivity index (χ2v) is 20.0. The van der Waals surface area contributed by atoms with Crippen LogP contribution in [0.25, 0.3) is 0 Å². The van der Waals surface area contributed by atoms with Crippen molar-refractivity contribution >= 4 is 5.91 Å². The highest BCUT2D eigenvalue weighted by Gasteiger charge is 2.53. The summed E-state index contributed by atoms with van der Waals surface area (Å²) in [5, 5.41) is 120. The van der Waals surface area contributed by atoms with E-state index in [1.165, 1.54) is 83.5 Å². The van der Waals surface area contributed by atoms with Crippen molar-refractivity contribution < 1.29 is 89.4 Å². The summed E-state index contributed by atoms with van der Waals surface area (Å²) in [4.78, 5) is 13.2. The minimum Gasteiger partial charge on any atom is -0.394 e. The van der Waals surface area contributed by atoms with Crippen LogP contribution in [-0.2, 0) is 33.2 Å². The quantitative estimate of drug-likeness (QED) is 0.0311. The minimum atomic E-state index is -1.97. The van der Waals surface area contributed by atoms with Crippen LogP contribution in [0.1, 0.15) is 174 Å². The van der Waals surface area contributed by atoms with Gasteiger partial charge >= 0.3 is 0 Å². The first kappa shape index (κ1) is 64.6. The normalized spacial score (nSPS) is 32.2. The first-order valence-corrected chi connectivity index (χ1v) is 27.6. The Hall–Kier alpha value is -1.73. The van der Waals surface area contributed by atoms with Crippen LogP contribution in [-0.4, -0.2) is 193 Å². The molecular weight excluding hydrogens is 939 g/mol. The highest BCUT2D eigenvalue weighted by molar-refractivity contribution is 5.76. The molecular formula is C53H97NO18. The number of unbranched alkanes of at least 4 members (excludes halogenated alkanes) is 19. The van der Waals surface area contributed by atoms with E-state index >= 15 is 0 Å². The van der Waals surface area contributed by atoms with Gasteiger partial charge in [-0.1, -0.05) is 147 Å². The zero-order valence-corrected chi connectivity index (χ0v) is 43.4. The second kappa shape index (κ2) is 37.9. The Morgan fingerprint density at radius 3 is 1.44 bits per heavy atom. The van der Waals surface area contributed by atoms with Gasteiger partial charge in [-0.05, 0) is 44.9 Å². The topological polar surface area (TPSA) is 307 Å². The molecule has 3 aliphatic rings. The largest absolute Gasteiger partial charge is 0.394 e. The molecule has 0 aromatic carbocycles. The molecule has 0 radical (unpaired) electrons. The molecule has 3 heterocycles. The molecule has 3 fully saturated rings. The number of ether oxygens (including phenoxy) is 6. The molecule has 19 heteroatoms. The van der Waals surface area contributed by atoms with Crippen molar-refractivity contribution in [2.24, 2.45) is 0 Å². The van der Waals surface area contributed by atoms with Crippen molar-refractivity contribution in [2.75, 3.05) is 26.4 Å². The zero-order chi connectivity index (χ0) is 52.7. The van der Waals surface area contributed by atoms with E-state index in [-0.39, 0.29) is 18.9 Å². The van der Waals surface area contributed by atoms with Crippen LogP contribution in [0, 0.1) is 0 Å². The molecule has 0 spiro atoms. The van der Waals surface area contributed by atoms with Crippen LogP contribution >= 0.6 is 0 Å². The van der Waals surface area contributed by atoms with Crippen molar-refractivity contribution in [3.63, 3.8) is 0 Å². The van der Waals surface area contributed by atoms with Gasteiger partial charge in [-0.3, -0.25) is 4.79 Å². The fourth-order valence-corrected chi connectivity index (χ4v) is 9.40. The van der Waals surface area contributed by atoms with E-state index in [2.05, 4.69) is 43.5 Å². The van der Waals surface area contributed by atoms with E-state index in [4.69, 9.17) is 28.4 Å². The first-order valence-electron chi connectivity index (χ1n) is 27.6. The molecule has 422 valence electrons. The highest BCUT2D eigenvalue weighted by atomic mass is 16.8. The smallest absolute Gasteiger partial charge is 0.220 e. The SMILES string of the molecule is CCCCC/C=C\C/C=C\CCCCCCCCCCCC(=O)NC(COC1OC(CO)C(OC2OC(CO)C(OC3OC(CO)C(O)C(O)C3O)C(O)C2O)C(O)C1O)C(O)CCCCCCCCCC. The second-order valence-electron chi connectivity index (χ2n) is 20.0. The lowest BCUT2D eigenvalue weighted by Crippen LogP contribution is -2.66. The molecule has 0 bridgehead atoms. The maximum Gasteiger partial charge on any atom is 0.220 e. The summed E-state index contributed by atoms with van der Waals surface area (Å²) >= 11 is 0. The molecule has 0 saturated carbocycles. The van der Waals surface area contributed by atoms with Gasteiger partial charge in [0.2, 0.25) is 5.91 Å². The number of rotatable bonds is 39. The lowest BCUT2D eigenvalue weighted by Gasteiger charge is -2.48. The van der Waals surface area contributed by atoms with Crippen LogP contribution in [0.2, 0.25) is 0 Å². The molecule has 3 rings (SSSR count). The third-order valence-corrected chi connectivity index (χ3v) is 14.0. The van der Waals surface area contributed by atoms with Crippen molar-refractivity contribution in [3.05, 3.63) is 24.3 Å². The molecule has 1 amide bonds. The van der Waals surface area contributed by atoms with Crippen molar-refractivity contribution in [2.45, 2.75) is 279 Å². The van der Waals surface area contributed by atoms with Crippen LogP contribution < -0.4 is 5.32 Å². The summed E-state index contributed by atoms with van der Waals surface area (Å²) in [5.74, 6) is -0.252. The molecule has 19 nitrogen and oxygen atoms in total. The van der Waals surface area contributed by atoms with Crippen LogP contribution in [0.5, 0.6) is 0 Å². The average Bonchev–Trinajstić information content (AvgIpc) is 3.37. The molecule has 0 aromatic rings. The van der Waals surface area contributed by atoms with Gasteiger partial charge in [0.05, 0.1) is 38.6 Å². The predicted octanol–water partition coefficient (Wildman–Crippen LogP) is 3.20. The molecule has 17 unspecified atom stereocenters. The Morgan fingerprint density at radius 2 is 0.917 bits per heavy atom. The number of hydrogen-bond donors (Lipinski definition) is 12. The van der Waals surface area contributed by atoms with Gasteiger partial charge < -0.3 is 89.9 Å². The van der Waals surface area contributed by atoms with Gasteiger partial charge in [0.15, 0.2) is 18.9 Å². The number of nitrogens with one attached hydrogen (secondary N) is 1. The molecule has 3 saturated heterocycles. The van der Waals surface area contributed by atoms with Gasteiger partial charge in [0.1, 0.15) is 73.2 Å². The predicted molar refractivity (Wildman–Crippen MR) is 268 cm³/mol. The van der Waals surface area contributed by atoms with Gasteiger partial charge in [0, 0.05) is 6.42 Å². The summed E-state index contributed by atoms with van der Waals surface area (Å²) in [5.41, 5.74) is 0. The van der Waals surface area contributed by atoms with Gasteiger partial charge in [-0.2, -0.15) is 0 Å². The van der Waals surface area contributed by atoms with E-state index in [9.17, 15) is 61.0 Å². The maximum absolute atomic E-state index is 13.2. The fourth-order valence-electron chi connectivity index (χ4n) is 9.40. The van der Waals surface area contributed by atoms with Gasteiger partial charge in [-0.25, -0.2) is 0 Å². The standard InChI is InChI=1S/C53H97NO18/c1-3-5-7-9-11-13-14-15-16-17-18-19-20-21-22-23-25-27-29-31-41(59)54-36(37(58)30-28-26-24-12-10-8-6-4-2)35-67-51-47(65)44(62)49(39(33-56)69-51)72-53-48(66)45(63)50(40(34-57)70-53)71-52-46(64)43(61)42(60)38(32-55)68-52/h11,13,15-16,36-40,42-53,55-58,60-66H,3-10,12,14,17-35H2,1-2H3,(H,54,59)/b13-11-,16-15-. The molecule has 3 aliphatic heterocycles. The summed E-state index contributed by atoms with van der Waals surface area (Å²) in [6.45, 7) is 1.69. The third-order valence-electron chi connectivity index (χ3n) is 14.0. The minimum absolute atomic E-state index is 0.252. The van der Waals surface area contributed by atoms with Crippen molar-refractivity contribution in [3.8, 4) is 0 Å². The van der Waals surface area contributed by atoms with E-state index in [0.717, 1.165) is 57.8 Å². The van der Waals surface area contributed by atoms with Gasteiger partial charge in [-0.15, -0.1) is 0 Å². The van der Waals surface area contributed by atoms with Crippen molar-refractivity contribution in [1.29, 1.82) is 0 Å². The van der Waals surface area contributed by atoms with E-state index in [1.54, 1.807) is 0 Å². The number of hydrogen-bond acceptors (Lipinski definition) is 18. The van der Waals surface area contributed by atoms with E-state index < -0.39 is 124 Å². The number of aliphatic hydroxyl groups is 11. The Morgan fingerprint density at radius 1 is 0.500 bits per heavy atom. The maximum atomic E-state index is 13.2. The van der Waals surface area contributed by atoms with Crippen LogP contribution in [0.4, 0.5) is 0 Å². The lowest BCUT2D eigenvalue weighted by atomic mass is 9.96. The summed E-state index contributed by atoms with van der Waals surface area (Å²) < 4.78 is 34.2. The zero-order valence-electron chi connectivity index (χ0n) is 43.4. The monoisotopic (exact) mass is 1040 g/mol. The van der Waals surface area contributed by atoms with E-state index in [0.29, 0.717) is 12.8 Å². The molecule has 72 heavy (non-hydrogen) atoms. The highest BCUT2D eigenvalue weighted by Crippen LogP contribution is 2.33. The number of amides is 1. The first-order chi connectivity index (χ1) is 34.8. The molecule has 17 atom stereocenters. The Labute approximate surface area is 428 Å². The number of aliphatic hydroxyl groups excluding tert-OH is 11. The molecule has 12 N–H and O–H groups in total. The number of allylic oxidation sites excluding steroid dienone is 4. The Balaban J connectivity index is 1.48. The Kier molecular flexibility index (Phi) is 34.0. The Bertz CT molecular complexity index is 1430. The van der Waals surface area contributed by atoms with Crippen LogP contribution in [0.15, 0.2) is 24.3 Å². The fraction of sp³-hybridized carbons (Fsp3) is 0.906. The summed E-state index contributed by atoms with van der Waals surface area (Å²) in [7, 11) is 0. The lowest BCUT2D eigenvalue weighted by molar-refractivity contribution is -0.379. The number of carbonyl (C=O) groups is 1. The molecule has 0 aliphatic carbocycles. The third kappa shape index (κ3) is 22.9. The number of carbonyl (C=O) groups excluding carboxylic acids is 1. The average molecular weight is 1040 g/mol.